The van der Waals surface area contributed by atoms with E-state index in [1.807, 2.05) is 13.8 Å². The van der Waals surface area contributed by atoms with Gasteiger partial charge in [-0.1, -0.05) is 13.8 Å². The number of hydrogen-bond acceptors (Lipinski definition) is 5. The third-order valence-corrected chi connectivity index (χ3v) is 3.48. The molecule has 0 aliphatic heterocycles. The van der Waals surface area contributed by atoms with Crippen LogP contribution in [0.1, 0.15) is 30.7 Å². The highest BCUT2D eigenvalue weighted by atomic mass is 15.2. The number of aromatic nitrogens is 2. The summed E-state index contributed by atoms with van der Waals surface area (Å²) in [4.78, 5) is 2.18. The van der Waals surface area contributed by atoms with Crippen LogP contribution in [0.4, 0.5) is 5.82 Å². The summed E-state index contributed by atoms with van der Waals surface area (Å²) in [6.07, 6.45) is 0. The molecule has 0 unspecified atom stereocenters. The average molecular weight is 261 g/mol. The van der Waals surface area contributed by atoms with E-state index < -0.39 is 0 Å². The zero-order valence-corrected chi connectivity index (χ0v) is 12.7. The smallest absolute Gasteiger partial charge is 0.166 e. The molecule has 1 heterocycles. The quantitative estimate of drug-likeness (QED) is 0.877. The van der Waals surface area contributed by atoms with Crippen molar-refractivity contribution in [2.75, 3.05) is 26.0 Å². The molecule has 0 fully saturated rings. The Morgan fingerprint density at radius 3 is 2.37 bits per heavy atom. The van der Waals surface area contributed by atoms with Gasteiger partial charge in [-0.05, 0) is 39.4 Å². The molecule has 0 aliphatic carbocycles. The van der Waals surface area contributed by atoms with Gasteiger partial charge in [0.2, 0.25) is 0 Å². The molecule has 0 aromatic carbocycles. The van der Waals surface area contributed by atoms with Crippen molar-refractivity contribution in [3.8, 4) is 6.07 Å². The Kier molecular flexibility index (Phi) is 5.25. The maximum absolute atomic E-state index is 9.24. The normalized spacial score (nSPS) is 12.6. The van der Waals surface area contributed by atoms with Gasteiger partial charge < -0.3 is 10.2 Å². The van der Waals surface area contributed by atoms with Gasteiger partial charge in [0.05, 0.1) is 5.69 Å². The maximum atomic E-state index is 9.24. The van der Waals surface area contributed by atoms with Crippen molar-refractivity contribution in [2.45, 2.75) is 33.7 Å². The summed E-state index contributed by atoms with van der Waals surface area (Å²) in [5.41, 5.74) is 2.29. The van der Waals surface area contributed by atoms with Crippen molar-refractivity contribution in [3.63, 3.8) is 0 Å². The zero-order valence-electron chi connectivity index (χ0n) is 12.7. The molecule has 0 saturated carbocycles. The molecule has 0 aliphatic rings. The van der Waals surface area contributed by atoms with Gasteiger partial charge in [-0.15, -0.1) is 5.10 Å². The van der Waals surface area contributed by atoms with Crippen molar-refractivity contribution < 1.29 is 0 Å². The molecular weight excluding hydrogens is 238 g/mol. The maximum Gasteiger partial charge on any atom is 0.166 e. The van der Waals surface area contributed by atoms with Gasteiger partial charge in [-0.3, -0.25) is 0 Å². The molecule has 1 aromatic heterocycles. The molecule has 0 bridgehead atoms. The minimum atomic E-state index is 0.384. The monoisotopic (exact) mass is 261 g/mol. The van der Waals surface area contributed by atoms with Gasteiger partial charge in [0.1, 0.15) is 11.6 Å². The minimum Gasteiger partial charge on any atom is -0.366 e. The van der Waals surface area contributed by atoms with Gasteiger partial charge in [-0.2, -0.15) is 10.4 Å². The van der Waals surface area contributed by atoms with E-state index in [2.05, 4.69) is 54.4 Å². The lowest BCUT2D eigenvalue weighted by molar-refractivity contribution is 0.243. The van der Waals surface area contributed by atoms with E-state index >= 15 is 0 Å². The summed E-state index contributed by atoms with van der Waals surface area (Å²) in [5, 5.41) is 20.7. The first-order chi connectivity index (χ1) is 8.88. The highest BCUT2D eigenvalue weighted by molar-refractivity contribution is 5.55. The Morgan fingerprint density at radius 1 is 1.26 bits per heavy atom. The molecule has 0 spiro atoms. The van der Waals surface area contributed by atoms with E-state index in [4.69, 9.17) is 0 Å². The lowest BCUT2D eigenvalue weighted by atomic mass is 10.0. The van der Waals surface area contributed by atoms with Crippen LogP contribution in [0, 0.1) is 31.1 Å². The lowest BCUT2D eigenvalue weighted by Gasteiger charge is -2.28. The Labute approximate surface area is 115 Å². The number of rotatable bonds is 5. The number of nitrogens with one attached hydrogen (secondary N) is 1. The van der Waals surface area contributed by atoms with Crippen molar-refractivity contribution >= 4 is 5.82 Å². The second-order valence-corrected chi connectivity index (χ2v) is 5.40. The summed E-state index contributed by atoms with van der Waals surface area (Å²) >= 11 is 0. The predicted molar refractivity (Wildman–Crippen MR) is 77.0 cm³/mol. The number of nitriles is 1. The second kappa shape index (κ2) is 6.48. The van der Waals surface area contributed by atoms with Crippen LogP contribution in [0.2, 0.25) is 0 Å². The van der Waals surface area contributed by atoms with Crippen LogP contribution in [-0.2, 0) is 0 Å². The van der Waals surface area contributed by atoms with E-state index in [9.17, 15) is 5.26 Å². The number of hydrogen-bond donors (Lipinski definition) is 1. The van der Waals surface area contributed by atoms with Gasteiger partial charge in [0, 0.05) is 12.6 Å². The molecular formula is C14H23N5. The number of anilines is 1. The molecule has 1 rings (SSSR count). The van der Waals surface area contributed by atoms with Crippen molar-refractivity contribution in [2.24, 2.45) is 5.92 Å². The van der Waals surface area contributed by atoms with Crippen LogP contribution >= 0.6 is 0 Å². The first-order valence-electron chi connectivity index (χ1n) is 6.52. The highest BCUT2D eigenvalue weighted by Gasteiger charge is 2.17. The van der Waals surface area contributed by atoms with Crippen molar-refractivity contribution in [1.29, 1.82) is 5.26 Å². The zero-order chi connectivity index (χ0) is 14.6. The molecule has 5 nitrogen and oxygen atoms in total. The largest absolute Gasteiger partial charge is 0.366 e. The summed E-state index contributed by atoms with van der Waals surface area (Å²) in [7, 11) is 4.12. The third kappa shape index (κ3) is 3.65. The van der Waals surface area contributed by atoms with E-state index in [1.54, 1.807) is 0 Å². The standard InChI is InChI=1S/C14H23N5/c1-9(2)13(19(5)6)8-16-14-12(7-15)10(3)11(4)17-18-14/h9,13H,8H2,1-6H3,(H,16,18)/t13-/m0/s1. The molecule has 19 heavy (non-hydrogen) atoms. The van der Waals surface area contributed by atoms with Gasteiger partial charge in [0.15, 0.2) is 5.82 Å². The fourth-order valence-corrected chi connectivity index (χ4v) is 2.08. The fraction of sp³-hybridized carbons (Fsp3) is 0.643. The van der Waals surface area contributed by atoms with Crippen LogP contribution in [0.25, 0.3) is 0 Å². The van der Waals surface area contributed by atoms with Crippen molar-refractivity contribution in [3.05, 3.63) is 16.8 Å². The minimum absolute atomic E-state index is 0.384. The molecule has 1 N–H and O–H groups in total. The Balaban J connectivity index is 2.90. The van der Waals surface area contributed by atoms with Crippen LogP contribution in [-0.4, -0.2) is 41.8 Å². The van der Waals surface area contributed by atoms with E-state index in [0.717, 1.165) is 17.8 Å². The van der Waals surface area contributed by atoms with Crippen LogP contribution < -0.4 is 5.32 Å². The van der Waals surface area contributed by atoms with Gasteiger partial charge in [-0.25, -0.2) is 0 Å². The summed E-state index contributed by atoms with van der Waals surface area (Å²) in [6.45, 7) is 8.88. The molecule has 5 heteroatoms. The van der Waals surface area contributed by atoms with Gasteiger partial charge >= 0.3 is 0 Å². The Morgan fingerprint density at radius 2 is 1.89 bits per heavy atom. The van der Waals surface area contributed by atoms with Crippen LogP contribution in [0.5, 0.6) is 0 Å². The first-order valence-corrected chi connectivity index (χ1v) is 6.52. The average Bonchev–Trinajstić information content (AvgIpc) is 2.33. The molecule has 0 saturated heterocycles. The molecule has 0 radical (unpaired) electrons. The van der Waals surface area contributed by atoms with Gasteiger partial charge in [0.25, 0.3) is 0 Å². The topological polar surface area (TPSA) is 64.8 Å². The first kappa shape index (κ1) is 15.4. The Hall–Kier alpha value is -1.67. The van der Waals surface area contributed by atoms with Crippen molar-refractivity contribution in [1.82, 2.24) is 15.1 Å². The van der Waals surface area contributed by atoms with Crippen LogP contribution in [0.3, 0.4) is 0 Å². The number of nitrogens with zero attached hydrogens (tertiary/aromatic N) is 4. The lowest BCUT2D eigenvalue weighted by Crippen LogP contribution is -2.39. The Bertz CT molecular complexity index is 465. The number of likely N-dealkylation sites (N-methyl/N-ethyl adjacent to an activating group) is 1. The SMILES string of the molecule is Cc1nnc(NC[C@@H](C(C)C)N(C)C)c(C#N)c1C. The summed E-state index contributed by atoms with van der Waals surface area (Å²) in [6, 6.07) is 2.59. The second-order valence-electron chi connectivity index (χ2n) is 5.40. The van der Waals surface area contributed by atoms with E-state index in [0.29, 0.717) is 23.3 Å². The van der Waals surface area contributed by atoms with Crippen LogP contribution in [0.15, 0.2) is 0 Å². The molecule has 0 amide bonds. The molecule has 1 aromatic rings. The van der Waals surface area contributed by atoms with E-state index in [-0.39, 0.29) is 0 Å². The molecule has 1 atom stereocenters. The summed E-state index contributed by atoms with van der Waals surface area (Å²) in [5.74, 6) is 1.10. The third-order valence-electron chi connectivity index (χ3n) is 3.48. The molecule has 104 valence electrons. The number of aryl methyl sites for hydroxylation is 1. The predicted octanol–water partition coefficient (Wildman–Crippen LogP) is 1.96. The summed E-state index contributed by atoms with van der Waals surface area (Å²) < 4.78 is 0. The fourth-order valence-electron chi connectivity index (χ4n) is 2.08. The highest BCUT2D eigenvalue weighted by Crippen LogP contribution is 2.18. The van der Waals surface area contributed by atoms with E-state index in [1.165, 1.54) is 0 Å².